The lowest BCUT2D eigenvalue weighted by Crippen LogP contribution is -2.07. The Morgan fingerprint density at radius 3 is 2.79 bits per heavy atom. The van der Waals surface area contributed by atoms with Crippen molar-refractivity contribution in [2.24, 2.45) is 0 Å². The van der Waals surface area contributed by atoms with Crippen LogP contribution in [-0.4, -0.2) is 20.6 Å². The smallest absolute Gasteiger partial charge is 0.164 e. The van der Waals surface area contributed by atoms with Crippen LogP contribution >= 0.6 is 11.6 Å². The molecular formula is C14H14ClN3O. The van der Waals surface area contributed by atoms with E-state index in [2.05, 4.69) is 21.9 Å². The summed E-state index contributed by atoms with van der Waals surface area (Å²) in [6.07, 6.45) is 1.53. The first-order chi connectivity index (χ1) is 9.33. The molecule has 0 saturated heterocycles. The van der Waals surface area contributed by atoms with Gasteiger partial charge in [-0.05, 0) is 31.2 Å². The molecule has 1 heterocycles. The molecule has 0 N–H and O–H groups in total. The Morgan fingerprint density at radius 2 is 2.11 bits per heavy atom. The number of benzene rings is 1. The highest BCUT2D eigenvalue weighted by Gasteiger charge is 2.03. The van der Waals surface area contributed by atoms with Crippen LogP contribution < -0.4 is 4.74 Å². The molecule has 0 unspecified atom stereocenters. The molecule has 0 amide bonds. The van der Waals surface area contributed by atoms with Gasteiger partial charge in [-0.1, -0.05) is 11.8 Å². The molecule has 0 fully saturated rings. The molecule has 4 nitrogen and oxygen atoms in total. The zero-order valence-corrected chi connectivity index (χ0v) is 11.4. The monoisotopic (exact) mass is 275 g/mol. The van der Waals surface area contributed by atoms with E-state index in [1.54, 1.807) is 4.68 Å². The zero-order chi connectivity index (χ0) is 13.5. The summed E-state index contributed by atoms with van der Waals surface area (Å²) in [4.78, 5) is 4.15. The number of nitrogens with zero attached hydrogens (tertiary/aromatic N) is 3. The SMILES string of the molecule is CCn1ncnc1COc1ccc(C#CCCl)cc1. The third-order valence-corrected chi connectivity index (χ3v) is 2.65. The number of aryl methyl sites for hydroxylation is 1. The molecule has 1 aromatic carbocycles. The molecule has 0 aliphatic rings. The first kappa shape index (κ1) is 13.4. The van der Waals surface area contributed by atoms with E-state index in [1.807, 2.05) is 31.2 Å². The summed E-state index contributed by atoms with van der Waals surface area (Å²) in [5.74, 6) is 7.68. The van der Waals surface area contributed by atoms with Gasteiger partial charge in [-0.2, -0.15) is 5.10 Å². The summed E-state index contributed by atoms with van der Waals surface area (Å²) in [7, 11) is 0. The topological polar surface area (TPSA) is 39.9 Å². The summed E-state index contributed by atoms with van der Waals surface area (Å²) in [5, 5.41) is 4.09. The second kappa shape index (κ2) is 6.81. The zero-order valence-electron chi connectivity index (χ0n) is 10.6. The number of ether oxygens (including phenoxy) is 1. The van der Waals surface area contributed by atoms with E-state index < -0.39 is 0 Å². The van der Waals surface area contributed by atoms with E-state index in [-0.39, 0.29) is 0 Å². The molecule has 0 aliphatic heterocycles. The number of hydrogen-bond acceptors (Lipinski definition) is 3. The molecule has 0 radical (unpaired) electrons. The quantitative estimate of drug-likeness (QED) is 0.636. The predicted octanol–water partition coefficient (Wildman–Crippen LogP) is 2.47. The van der Waals surface area contributed by atoms with E-state index >= 15 is 0 Å². The van der Waals surface area contributed by atoms with Gasteiger partial charge in [0, 0.05) is 12.1 Å². The van der Waals surface area contributed by atoms with Gasteiger partial charge in [-0.15, -0.1) is 11.6 Å². The van der Waals surface area contributed by atoms with Crippen LogP contribution in [0.4, 0.5) is 0 Å². The molecule has 1 aromatic heterocycles. The van der Waals surface area contributed by atoms with Crippen molar-refractivity contribution in [2.75, 3.05) is 5.88 Å². The highest BCUT2D eigenvalue weighted by atomic mass is 35.5. The maximum atomic E-state index is 5.65. The van der Waals surface area contributed by atoms with Crippen molar-refractivity contribution in [1.29, 1.82) is 0 Å². The Bertz CT molecular complexity index is 581. The van der Waals surface area contributed by atoms with E-state index in [0.717, 1.165) is 23.7 Å². The highest BCUT2D eigenvalue weighted by Crippen LogP contribution is 2.13. The summed E-state index contributed by atoms with van der Waals surface area (Å²) >= 11 is 5.50. The van der Waals surface area contributed by atoms with Gasteiger partial charge in [-0.3, -0.25) is 0 Å². The van der Waals surface area contributed by atoms with Crippen molar-refractivity contribution in [3.05, 3.63) is 42.0 Å². The van der Waals surface area contributed by atoms with Crippen molar-refractivity contribution in [3.8, 4) is 17.6 Å². The molecule has 0 atom stereocenters. The number of aromatic nitrogens is 3. The van der Waals surface area contributed by atoms with Crippen LogP contribution in [0, 0.1) is 11.8 Å². The maximum absolute atomic E-state index is 5.65. The summed E-state index contributed by atoms with van der Waals surface area (Å²) in [6, 6.07) is 7.56. The Morgan fingerprint density at radius 1 is 1.32 bits per heavy atom. The van der Waals surface area contributed by atoms with Crippen molar-refractivity contribution >= 4 is 11.6 Å². The van der Waals surface area contributed by atoms with Gasteiger partial charge >= 0.3 is 0 Å². The van der Waals surface area contributed by atoms with Crippen LogP contribution in [0.3, 0.4) is 0 Å². The average molecular weight is 276 g/mol. The molecule has 19 heavy (non-hydrogen) atoms. The second-order valence-electron chi connectivity index (χ2n) is 3.74. The molecule has 0 aliphatic carbocycles. The second-order valence-corrected chi connectivity index (χ2v) is 4.01. The van der Waals surface area contributed by atoms with Crippen LogP contribution in [-0.2, 0) is 13.2 Å². The maximum Gasteiger partial charge on any atom is 0.164 e. The summed E-state index contributed by atoms with van der Waals surface area (Å²) in [6.45, 7) is 3.20. The fourth-order valence-corrected chi connectivity index (χ4v) is 1.65. The Kier molecular flexibility index (Phi) is 4.82. The minimum Gasteiger partial charge on any atom is -0.486 e. The van der Waals surface area contributed by atoms with Gasteiger partial charge in [0.2, 0.25) is 0 Å². The fraction of sp³-hybridized carbons (Fsp3) is 0.286. The van der Waals surface area contributed by atoms with Gasteiger partial charge in [0.1, 0.15) is 18.7 Å². The van der Waals surface area contributed by atoms with Crippen LogP contribution in [0.2, 0.25) is 0 Å². The number of hydrogen-bond donors (Lipinski definition) is 0. The van der Waals surface area contributed by atoms with Gasteiger partial charge in [0.15, 0.2) is 5.82 Å². The van der Waals surface area contributed by atoms with Crippen LogP contribution in [0.5, 0.6) is 5.75 Å². The molecule has 5 heteroatoms. The first-order valence-electron chi connectivity index (χ1n) is 5.98. The van der Waals surface area contributed by atoms with E-state index in [4.69, 9.17) is 16.3 Å². The molecule has 2 aromatic rings. The molecule has 2 rings (SSSR count). The van der Waals surface area contributed by atoms with Gasteiger partial charge in [0.25, 0.3) is 0 Å². The minimum atomic E-state index is 0.338. The Balaban J connectivity index is 1.96. The van der Waals surface area contributed by atoms with Gasteiger partial charge in [-0.25, -0.2) is 9.67 Å². The average Bonchev–Trinajstić information content (AvgIpc) is 2.91. The number of rotatable bonds is 4. The van der Waals surface area contributed by atoms with E-state index in [1.165, 1.54) is 6.33 Å². The fourth-order valence-electron chi connectivity index (χ4n) is 1.58. The third kappa shape index (κ3) is 3.73. The van der Waals surface area contributed by atoms with Gasteiger partial charge in [0.05, 0.1) is 5.88 Å². The van der Waals surface area contributed by atoms with E-state index in [0.29, 0.717) is 12.5 Å². The predicted molar refractivity (Wildman–Crippen MR) is 74.1 cm³/mol. The van der Waals surface area contributed by atoms with Crippen LogP contribution in [0.1, 0.15) is 18.3 Å². The van der Waals surface area contributed by atoms with Crippen LogP contribution in [0.15, 0.2) is 30.6 Å². The summed E-state index contributed by atoms with van der Waals surface area (Å²) < 4.78 is 7.46. The summed E-state index contributed by atoms with van der Waals surface area (Å²) in [5.41, 5.74) is 0.921. The lowest BCUT2D eigenvalue weighted by molar-refractivity contribution is 0.287. The molecule has 0 spiro atoms. The largest absolute Gasteiger partial charge is 0.486 e. The third-order valence-electron chi connectivity index (χ3n) is 2.52. The van der Waals surface area contributed by atoms with Crippen molar-refractivity contribution in [2.45, 2.75) is 20.1 Å². The Labute approximate surface area is 117 Å². The lowest BCUT2D eigenvalue weighted by Gasteiger charge is -2.06. The highest BCUT2D eigenvalue weighted by molar-refractivity contribution is 6.19. The number of halogens is 1. The number of alkyl halides is 1. The molecule has 0 bridgehead atoms. The Hall–Kier alpha value is -1.99. The normalized spacial score (nSPS) is 9.79. The molecule has 98 valence electrons. The van der Waals surface area contributed by atoms with Crippen molar-refractivity contribution in [1.82, 2.24) is 14.8 Å². The van der Waals surface area contributed by atoms with E-state index in [9.17, 15) is 0 Å². The van der Waals surface area contributed by atoms with Crippen LogP contribution in [0.25, 0.3) is 0 Å². The van der Waals surface area contributed by atoms with Crippen molar-refractivity contribution < 1.29 is 4.74 Å². The molecule has 0 saturated carbocycles. The standard InChI is InChI=1S/C14H14ClN3O/c1-2-18-14(16-11-17-18)10-19-13-7-5-12(6-8-13)4-3-9-15/h5-8,11H,2,9-10H2,1H3. The first-order valence-corrected chi connectivity index (χ1v) is 6.51. The lowest BCUT2D eigenvalue weighted by atomic mass is 10.2. The minimum absolute atomic E-state index is 0.338. The van der Waals surface area contributed by atoms with Crippen molar-refractivity contribution in [3.63, 3.8) is 0 Å². The van der Waals surface area contributed by atoms with Gasteiger partial charge < -0.3 is 4.74 Å². The molecular weight excluding hydrogens is 262 g/mol.